The molecule has 1 amide bonds. The first-order chi connectivity index (χ1) is 17.2. The molecular formula is C26H18F4N2O4. The van der Waals surface area contributed by atoms with Crippen LogP contribution in [0.25, 0.3) is 22.0 Å². The second-order valence-electron chi connectivity index (χ2n) is 7.80. The van der Waals surface area contributed by atoms with Gasteiger partial charge in [-0.15, -0.1) is 0 Å². The summed E-state index contributed by atoms with van der Waals surface area (Å²) in [6.07, 6.45) is 1.18. The zero-order chi connectivity index (χ0) is 26.0. The van der Waals surface area contributed by atoms with Crippen LogP contribution in [0, 0.1) is 23.3 Å². The largest absolute Gasteiger partial charge is 0.496 e. The Labute approximate surface area is 202 Å². The summed E-state index contributed by atoms with van der Waals surface area (Å²) in [5.74, 6) is -7.01. The number of nitrogens with one attached hydrogen (secondary N) is 1. The van der Waals surface area contributed by atoms with Gasteiger partial charge in [-0.2, -0.15) is 0 Å². The number of methoxy groups -OCH3 is 1. The van der Waals surface area contributed by atoms with Gasteiger partial charge in [0.25, 0.3) is 5.91 Å². The molecule has 0 bridgehead atoms. The molecule has 0 aliphatic rings. The lowest BCUT2D eigenvalue weighted by molar-refractivity contribution is -0.139. The number of fused-ring (bicyclic) bond motifs is 1. The van der Waals surface area contributed by atoms with Crippen LogP contribution >= 0.6 is 0 Å². The maximum atomic E-state index is 14.0. The third-order valence-electron chi connectivity index (χ3n) is 5.60. The molecule has 4 aromatic rings. The van der Waals surface area contributed by atoms with Gasteiger partial charge in [-0.3, -0.25) is 9.78 Å². The number of rotatable bonds is 7. The van der Waals surface area contributed by atoms with Gasteiger partial charge >= 0.3 is 5.97 Å². The molecule has 3 aromatic carbocycles. The third-order valence-corrected chi connectivity index (χ3v) is 5.60. The van der Waals surface area contributed by atoms with Crippen LogP contribution in [-0.2, 0) is 11.2 Å². The molecule has 184 valence electrons. The first-order valence-electron chi connectivity index (χ1n) is 10.6. The molecule has 6 nitrogen and oxygen atoms in total. The quantitative estimate of drug-likeness (QED) is 0.354. The highest BCUT2D eigenvalue weighted by Gasteiger charge is 2.26. The molecule has 0 aliphatic carbocycles. The summed E-state index contributed by atoms with van der Waals surface area (Å²) in [6.45, 7) is 0. The Bertz CT molecular complexity index is 1470. The summed E-state index contributed by atoms with van der Waals surface area (Å²) >= 11 is 0. The van der Waals surface area contributed by atoms with E-state index in [0.29, 0.717) is 22.0 Å². The fourth-order valence-corrected chi connectivity index (χ4v) is 3.90. The molecule has 0 aliphatic heterocycles. The van der Waals surface area contributed by atoms with Crippen LogP contribution in [0.2, 0.25) is 0 Å². The fourth-order valence-electron chi connectivity index (χ4n) is 3.90. The Kier molecular flexibility index (Phi) is 6.86. The average Bonchev–Trinajstić information content (AvgIpc) is 2.85. The first-order valence-corrected chi connectivity index (χ1v) is 10.6. The molecule has 1 atom stereocenters. The molecule has 4 rings (SSSR count). The van der Waals surface area contributed by atoms with Gasteiger partial charge in [0.2, 0.25) is 0 Å². The maximum Gasteiger partial charge on any atom is 0.326 e. The number of hydrogen-bond donors (Lipinski definition) is 2. The summed E-state index contributed by atoms with van der Waals surface area (Å²) in [5, 5.41) is 12.3. The number of amides is 1. The van der Waals surface area contributed by atoms with Crippen molar-refractivity contribution < 1.29 is 37.0 Å². The van der Waals surface area contributed by atoms with E-state index in [1.165, 1.54) is 19.4 Å². The highest BCUT2D eigenvalue weighted by atomic mass is 19.2. The molecule has 0 spiro atoms. The number of hydrogen-bond acceptors (Lipinski definition) is 4. The maximum absolute atomic E-state index is 14.0. The molecule has 1 heterocycles. The molecule has 10 heteroatoms. The van der Waals surface area contributed by atoms with Crippen molar-refractivity contribution in [1.82, 2.24) is 10.3 Å². The van der Waals surface area contributed by atoms with Gasteiger partial charge in [-0.05, 0) is 35.4 Å². The van der Waals surface area contributed by atoms with Crippen LogP contribution in [0.15, 0.2) is 60.8 Å². The van der Waals surface area contributed by atoms with Crippen molar-refractivity contribution in [2.24, 2.45) is 0 Å². The number of carboxylic acids is 1. The molecule has 0 fully saturated rings. The normalized spacial score (nSPS) is 11.8. The number of ether oxygens (including phenoxy) is 1. The predicted octanol–water partition coefficient (Wildman–Crippen LogP) is 4.89. The highest BCUT2D eigenvalue weighted by Crippen LogP contribution is 2.37. The van der Waals surface area contributed by atoms with Gasteiger partial charge in [-0.1, -0.05) is 24.3 Å². The summed E-state index contributed by atoms with van der Waals surface area (Å²) in [7, 11) is 1.31. The minimum atomic E-state index is -1.55. The van der Waals surface area contributed by atoms with Gasteiger partial charge in [-0.25, -0.2) is 22.4 Å². The SMILES string of the molecule is COc1cc(F)c(F)cc1-c1ccc(C[C@H](NC(=O)c2c(F)cccc2F)C(=O)O)c2ncccc12. The standard InChI is InChI=1S/C26H18F4N2O4/c1-36-22-12-20(30)19(29)11-16(22)14-8-7-13(24-15(14)4-3-9-31-24)10-21(26(34)35)32-25(33)23-17(27)5-2-6-18(23)28/h2-9,11-12,21H,10H2,1H3,(H,32,33)(H,34,35)/t21-/m0/s1. The lowest BCUT2D eigenvalue weighted by atomic mass is 9.94. The lowest BCUT2D eigenvalue weighted by Crippen LogP contribution is -2.43. The van der Waals surface area contributed by atoms with Crippen LogP contribution < -0.4 is 10.1 Å². The van der Waals surface area contributed by atoms with Crippen molar-refractivity contribution in [2.75, 3.05) is 7.11 Å². The number of aromatic nitrogens is 1. The predicted molar refractivity (Wildman–Crippen MR) is 123 cm³/mol. The average molecular weight is 498 g/mol. The Balaban J connectivity index is 1.74. The number of benzene rings is 3. The Hall–Kier alpha value is -4.47. The Morgan fingerprint density at radius 3 is 2.31 bits per heavy atom. The first kappa shape index (κ1) is 24.6. The van der Waals surface area contributed by atoms with Gasteiger partial charge in [0.05, 0.1) is 12.6 Å². The van der Waals surface area contributed by atoms with Crippen molar-refractivity contribution in [3.8, 4) is 16.9 Å². The van der Waals surface area contributed by atoms with Crippen molar-refractivity contribution >= 4 is 22.8 Å². The number of carbonyl (C=O) groups excluding carboxylic acids is 1. The van der Waals surface area contributed by atoms with Crippen molar-refractivity contribution in [2.45, 2.75) is 12.5 Å². The number of carbonyl (C=O) groups is 2. The fraction of sp³-hybridized carbons (Fsp3) is 0.115. The minimum Gasteiger partial charge on any atom is -0.496 e. The number of aliphatic carboxylic acids is 1. The molecule has 0 saturated carbocycles. The Morgan fingerprint density at radius 2 is 1.64 bits per heavy atom. The second-order valence-corrected chi connectivity index (χ2v) is 7.80. The number of nitrogens with zero attached hydrogens (tertiary/aromatic N) is 1. The van der Waals surface area contributed by atoms with E-state index >= 15 is 0 Å². The van der Waals surface area contributed by atoms with E-state index < -0.39 is 46.8 Å². The van der Waals surface area contributed by atoms with E-state index in [9.17, 15) is 32.3 Å². The molecule has 0 unspecified atom stereocenters. The van der Waals surface area contributed by atoms with E-state index in [2.05, 4.69) is 10.3 Å². The highest BCUT2D eigenvalue weighted by molar-refractivity contribution is 5.99. The summed E-state index contributed by atoms with van der Waals surface area (Å²) < 4.78 is 60.9. The van der Waals surface area contributed by atoms with Crippen molar-refractivity contribution in [1.29, 1.82) is 0 Å². The van der Waals surface area contributed by atoms with Gasteiger partial charge in [0.15, 0.2) is 11.6 Å². The van der Waals surface area contributed by atoms with E-state index in [1.807, 2.05) is 0 Å². The van der Waals surface area contributed by atoms with Gasteiger partial charge in [0.1, 0.15) is 29.0 Å². The summed E-state index contributed by atoms with van der Waals surface area (Å²) in [5.41, 5.74) is 0.519. The minimum absolute atomic E-state index is 0.0781. The molecule has 36 heavy (non-hydrogen) atoms. The monoisotopic (exact) mass is 498 g/mol. The van der Waals surface area contributed by atoms with Crippen LogP contribution in [0.3, 0.4) is 0 Å². The smallest absolute Gasteiger partial charge is 0.326 e. The molecule has 1 aromatic heterocycles. The van der Waals surface area contributed by atoms with Crippen molar-refractivity contribution in [3.63, 3.8) is 0 Å². The number of carboxylic acid groups (broad SMARTS) is 1. The molecule has 0 saturated heterocycles. The van der Waals surface area contributed by atoms with E-state index in [0.717, 1.165) is 30.3 Å². The summed E-state index contributed by atoms with van der Waals surface area (Å²) in [4.78, 5) is 28.7. The summed E-state index contributed by atoms with van der Waals surface area (Å²) in [6, 6.07) is 9.56. The van der Waals surface area contributed by atoms with Crippen LogP contribution in [0.5, 0.6) is 5.75 Å². The van der Waals surface area contributed by atoms with Gasteiger partial charge < -0.3 is 15.2 Å². The van der Waals surface area contributed by atoms with Crippen molar-refractivity contribution in [3.05, 3.63) is 95.2 Å². The van der Waals surface area contributed by atoms with E-state index in [1.54, 1.807) is 18.2 Å². The van der Waals surface area contributed by atoms with E-state index in [4.69, 9.17) is 4.74 Å². The number of pyridine rings is 1. The Morgan fingerprint density at radius 1 is 0.944 bits per heavy atom. The zero-order valence-electron chi connectivity index (χ0n) is 18.7. The van der Waals surface area contributed by atoms with E-state index in [-0.39, 0.29) is 17.7 Å². The second kappa shape index (κ2) is 10.0. The third kappa shape index (κ3) is 4.70. The topological polar surface area (TPSA) is 88.5 Å². The van der Waals surface area contributed by atoms with Crippen LogP contribution in [0.1, 0.15) is 15.9 Å². The lowest BCUT2D eigenvalue weighted by Gasteiger charge is -2.18. The number of halogens is 4. The molecule has 0 radical (unpaired) electrons. The van der Waals surface area contributed by atoms with Gasteiger partial charge in [0, 0.05) is 29.6 Å². The van der Waals surface area contributed by atoms with Crippen LogP contribution in [-0.4, -0.2) is 35.1 Å². The van der Waals surface area contributed by atoms with Crippen LogP contribution in [0.4, 0.5) is 17.6 Å². The molecular weight excluding hydrogens is 480 g/mol. The zero-order valence-corrected chi connectivity index (χ0v) is 18.7. The molecule has 2 N–H and O–H groups in total.